The number of rotatable bonds is 0. The second-order valence-corrected chi connectivity index (χ2v) is 0.519. The molecule has 2 nitrogen and oxygen atoms in total. The van der Waals surface area contributed by atoms with Gasteiger partial charge in [0.25, 0.3) is 5.97 Å². The average Bonchev–Trinajstić information content (AvgIpc) is 0.811. The first-order valence-corrected chi connectivity index (χ1v) is 0.928. The van der Waals surface area contributed by atoms with E-state index < -0.39 is 5.97 Å². The summed E-state index contributed by atoms with van der Waals surface area (Å²) in [7, 11) is 0. The molecule has 0 aliphatic carbocycles. The summed E-state index contributed by atoms with van der Waals surface area (Å²) >= 11 is 0. The van der Waals surface area contributed by atoms with Crippen molar-refractivity contribution in [1.29, 1.82) is 0 Å². The molecule has 0 aromatic rings. The van der Waals surface area contributed by atoms with Crippen molar-refractivity contribution >= 4 is 5.97 Å². The zero-order valence-electron chi connectivity index (χ0n) is 7.73. The molecule has 0 atom stereocenters. The van der Waals surface area contributed by atoms with Crippen LogP contribution in [0, 0.1) is 0 Å². The van der Waals surface area contributed by atoms with Gasteiger partial charge in [-0.1, -0.05) is 0 Å². The second kappa shape index (κ2) is 22.4. The van der Waals surface area contributed by atoms with Gasteiger partial charge >= 0.3 is 110 Å². The monoisotopic (exact) mass is 182 g/mol. The van der Waals surface area contributed by atoms with Gasteiger partial charge in [-0.25, -0.2) is 0 Å². The summed E-state index contributed by atoms with van der Waals surface area (Å²) in [6.07, 6.45) is 0. The van der Waals surface area contributed by atoms with Crippen LogP contribution in [-0.2, 0) is 4.79 Å². The molecule has 0 aliphatic rings. The molecule has 0 fully saturated rings. The molecular weight excluding hydrogens is 177 g/mol. The second-order valence-electron chi connectivity index (χ2n) is 0.519. The van der Waals surface area contributed by atoms with Crippen molar-refractivity contribution in [1.82, 2.24) is 0 Å². The van der Waals surface area contributed by atoms with Crippen molar-refractivity contribution in [3.8, 4) is 0 Å². The smallest absolute Gasteiger partial charge is 1.00 e. The third kappa shape index (κ3) is 57.4. The van der Waals surface area contributed by atoms with E-state index in [1.807, 2.05) is 0 Å². The van der Waals surface area contributed by atoms with Crippen LogP contribution in [0.2, 0.25) is 0 Å². The maximum atomic E-state index is 9.00. The molecule has 1 N–H and O–H groups in total. The van der Waals surface area contributed by atoms with Crippen LogP contribution in [0.3, 0.4) is 0 Å². The minimum atomic E-state index is -0.833. The van der Waals surface area contributed by atoms with Crippen molar-refractivity contribution < 1.29 is 136 Å². The molecule has 0 radical (unpaired) electrons. The summed E-state index contributed by atoms with van der Waals surface area (Å²) in [5.74, 6) is -0.833. The Morgan fingerprint density at radius 1 is 1.50 bits per heavy atom. The van der Waals surface area contributed by atoms with Gasteiger partial charge in [0.15, 0.2) is 0 Å². The molecule has 0 amide bonds. The van der Waals surface area contributed by atoms with Gasteiger partial charge in [-0.15, -0.1) is 0 Å². The maximum Gasteiger partial charge on any atom is 1.00 e. The van der Waals surface area contributed by atoms with Crippen molar-refractivity contribution in [3.05, 3.63) is 0 Å². The van der Waals surface area contributed by atoms with E-state index in [1.165, 1.54) is 0 Å². The van der Waals surface area contributed by atoms with Crippen LogP contribution in [0.25, 0.3) is 0 Å². The summed E-state index contributed by atoms with van der Waals surface area (Å²) in [4.78, 5) is 9.00. The van der Waals surface area contributed by atoms with Crippen LogP contribution in [-0.4, -0.2) is 11.1 Å². The van der Waals surface area contributed by atoms with Gasteiger partial charge in [-0.3, -0.25) is 4.79 Å². The van der Waals surface area contributed by atoms with Crippen LogP contribution in [0.1, 0.15) is 9.78 Å². The fourth-order valence-electron chi connectivity index (χ4n) is 0. The van der Waals surface area contributed by atoms with E-state index in [4.69, 9.17) is 9.90 Å². The zero-order valence-corrected chi connectivity index (χ0v) is 13.6. The van der Waals surface area contributed by atoms with Crippen LogP contribution in [0.15, 0.2) is 0 Å². The first-order valence-electron chi connectivity index (χ1n) is 0.928. The van der Waals surface area contributed by atoms with Crippen LogP contribution < -0.4 is 123 Å². The molecule has 0 aromatic carbocycles. The fourth-order valence-corrected chi connectivity index (χ4v) is 0. The SMILES string of the molecule is CC(=O)O.[Cl-].[H-].[H-].[K+].[Na+].[Na+]. The molecule has 36 valence electrons. The fraction of sp³-hybridized carbons (Fsp3) is 0.500. The summed E-state index contributed by atoms with van der Waals surface area (Å²) in [5, 5.41) is 7.42. The van der Waals surface area contributed by atoms with E-state index in [0.29, 0.717) is 0 Å². The Morgan fingerprint density at radius 3 is 1.50 bits per heavy atom. The van der Waals surface area contributed by atoms with Crippen molar-refractivity contribution in [3.63, 3.8) is 0 Å². The Morgan fingerprint density at radius 2 is 1.50 bits per heavy atom. The number of aliphatic carboxylic acids is 1. The Hall–Kier alpha value is 3.40. The number of hydrogen-bond donors (Lipinski definition) is 1. The Balaban J connectivity index is -0.00000000300. The van der Waals surface area contributed by atoms with Gasteiger partial charge < -0.3 is 20.4 Å². The van der Waals surface area contributed by atoms with Crippen LogP contribution >= 0.6 is 0 Å². The number of carboxylic acids is 1. The van der Waals surface area contributed by atoms with Crippen LogP contribution in [0.4, 0.5) is 0 Å². The molecule has 0 saturated heterocycles. The standard InChI is InChI=1S/C2H4O2.ClH.K.2Na.2H/c1-2(3)4;;;;;;/h1H3,(H,3,4);1H;;;;;/q;;3*+1;2*-1/p-1. The largest absolute Gasteiger partial charge is 1.00 e. The molecule has 0 saturated carbocycles. The molecule has 0 rings (SSSR count). The van der Waals surface area contributed by atoms with Gasteiger partial charge in [0.2, 0.25) is 0 Å². The van der Waals surface area contributed by atoms with Gasteiger partial charge in [-0.05, 0) is 0 Å². The first kappa shape index (κ1) is 30.1. The topological polar surface area (TPSA) is 37.3 Å². The molecular formula is C2H6ClKNa2O2. The summed E-state index contributed by atoms with van der Waals surface area (Å²) < 4.78 is 0. The summed E-state index contributed by atoms with van der Waals surface area (Å²) in [5.41, 5.74) is 0. The maximum absolute atomic E-state index is 9.00. The van der Waals surface area contributed by atoms with E-state index in [0.717, 1.165) is 6.92 Å². The first-order chi connectivity index (χ1) is 1.73. The van der Waals surface area contributed by atoms with E-state index in [2.05, 4.69) is 0 Å². The van der Waals surface area contributed by atoms with Gasteiger partial charge in [0, 0.05) is 6.92 Å². The van der Waals surface area contributed by atoms with Gasteiger partial charge in [0.05, 0.1) is 0 Å². The third-order valence-electron chi connectivity index (χ3n) is 0. The molecule has 0 spiro atoms. The number of carboxylic acid groups (broad SMARTS) is 1. The molecule has 0 aliphatic heterocycles. The number of hydrogen-bond acceptors (Lipinski definition) is 1. The average molecular weight is 183 g/mol. The predicted molar refractivity (Wildman–Crippen MR) is 15.5 cm³/mol. The molecule has 8 heavy (non-hydrogen) atoms. The zero-order chi connectivity index (χ0) is 3.58. The van der Waals surface area contributed by atoms with Gasteiger partial charge in [0.1, 0.15) is 0 Å². The Labute approximate surface area is 145 Å². The minimum Gasteiger partial charge on any atom is -1.00 e. The molecule has 0 unspecified atom stereocenters. The quantitative estimate of drug-likeness (QED) is 0.378. The Kier molecular flexibility index (Phi) is 84.4. The molecule has 0 aromatic heterocycles. The molecule has 0 heterocycles. The van der Waals surface area contributed by atoms with Gasteiger partial charge in [-0.2, -0.15) is 0 Å². The summed E-state index contributed by atoms with van der Waals surface area (Å²) in [6.45, 7) is 1.08. The Bertz CT molecular complexity index is 48.2. The number of carbonyl (C=O) groups is 1. The van der Waals surface area contributed by atoms with Crippen LogP contribution in [0.5, 0.6) is 0 Å². The van der Waals surface area contributed by atoms with Crippen molar-refractivity contribution in [2.75, 3.05) is 0 Å². The van der Waals surface area contributed by atoms with E-state index in [9.17, 15) is 0 Å². The number of halogens is 1. The van der Waals surface area contributed by atoms with Crippen molar-refractivity contribution in [2.24, 2.45) is 0 Å². The molecule has 0 bridgehead atoms. The normalized spacial score (nSPS) is 3.12. The molecule has 6 heteroatoms. The summed E-state index contributed by atoms with van der Waals surface area (Å²) in [6, 6.07) is 0. The van der Waals surface area contributed by atoms with Crippen molar-refractivity contribution in [2.45, 2.75) is 6.92 Å². The van der Waals surface area contributed by atoms with E-state index in [-0.39, 0.29) is 126 Å². The minimum absolute atomic E-state index is 0. The predicted octanol–water partition coefficient (Wildman–Crippen LogP) is -11.7. The third-order valence-corrected chi connectivity index (χ3v) is 0. The van der Waals surface area contributed by atoms with E-state index >= 15 is 0 Å². The van der Waals surface area contributed by atoms with E-state index in [1.54, 1.807) is 0 Å².